The predicted octanol–water partition coefficient (Wildman–Crippen LogP) is 1.06. The third kappa shape index (κ3) is 3.18. The summed E-state index contributed by atoms with van der Waals surface area (Å²) in [6.07, 6.45) is 1.54. The zero-order valence-corrected chi connectivity index (χ0v) is 12.4. The van der Waals surface area contributed by atoms with Gasteiger partial charge in [-0.25, -0.2) is 9.97 Å². The minimum Gasteiger partial charge on any atom is -0.384 e. The Balaban J connectivity index is 2.18. The van der Waals surface area contributed by atoms with Crippen LogP contribution in [0.5, 0.6) is 0 Å². The van der Waals surface area contributed by atoms with Crippen LogP contribution in [0.1, 0.15) is 39.4 Å². The van der Waals surface area contributed by atoms with Crippen LogP contribution in [0.25, 0.3) is 0 Å². The minimum atomic E-state index is -0.206. The third-order valence-corrected chi connectivity index (χ3v) is 3.62. The van der Waals surface area contributed by atoms with Crippen molar-refractivity contribution >= 4 is 17.5 Å². The molecule has 0 unspecified atom stereocenters. The summed E-state index contributed by atoms with van der Waals surface area (Å²) < 4.78 is 0. The monoisotopic (exact) mass is 277 g/mol. The van der Waals surface area contributed by atoms with Gasteiger partial charge in [0.1, 0.15) is 17.5 Å². The van der Waals surface area contributed by atoms with Crippen LogP contribution in [0.2, 0.25) is 0 Å². The molecule has 1 aliphatic rings. The molecule has 2 rings (SSSR count). The molecule has 1 aromatic rings. The van der Waals surface area contributed by atoms with Crippen molar-refractivity contribution in [1.82, 2.24) is 9.97 Å². The Hall–Kier alpha value is -1.85. The number of hydrogen-bond acceptors (Lipinski definition) is 5. The van der Waals surface area contributed by atoms with Crippen LogP contribution in [-0.2, 0) is 10.2 Å². The molecule has 1 amide bonds. The first-order valence-corrected chi connectivity index (χ1v) is 6.96. The van der Waals surface area contributed by atoms with Crippen LogP contribution in [0.3, 0.4) is 0 Å². The van der Waals surface area contributed by atoms with E-state index in [1.165, 1.54) is 0 Å². The number of nitrogens with two attached hydrogens (primary N) is 2. The highest BCUT2D eigenvalue weighted by molar-refractivity contribution is 5.77. The van der Waals surface area contributed by atoms with E-state index in [1.807, 2.05) is 0 Å². The van der Waals surface area contributed by atoms with Gasteiger partial charge in [-0.1, -0.05) is 20.8 Å². The molecular weight excluding hydrogens is 254 g/mol. The van der Waals surface area contributed by atoms with E-state index in [0.29, 0.717) is 5.82 Å². The van der Waals surface area contributed by atoms with Crippen LogP contribution in [0.4, 0.5) is 11.6 Å². The largest absolute Gasteiger partial charge is 0.384 e. The van der Waals surface area contributed by atoms with Crippen molar-refractivity contribution in [3.63, 3.8) is 0 Å². The van der Waals surface area contributed by atoms with Gasteiger partial charge in [0.25, 0.3) is 0 Å². The number of carbonyl (C=O) groups excluding carboxylic acids is 1. The summed E-state index contributed by atoms with van der Waals surface area (Å²) in [7, 11) is 0. The van der Waals surface area contributed by atoms with E-state index in [2.05, 4.69) is 35.6 Å². The summed E-state index contributed by atoms with van der Waals surface area (Å²) in [4.78, 5) is 22.3. The van der Waals surface area contributed by atoms with Crippen LogP contribution in [0, 0.1) is 5.92 Å². The Morgan fingerprint density at radius 3 is 2.40 bits per heavy atom. The highest BCUT2D eigenvalue weighted by Gasteiger charge is 2.25. The van der Waals surface area contributed by atoms with Crippen LogP contribution < -0.4 is 16.4 Å². The van der Waals surface area contributed by atoms with Crippen LogP contribution in [-0.4, -0.2) is 29.0 Å². The SMILES string of the molecule is CC(C)(C)c1nc(N)cc(N2CCC(C(N)=O)CC2)n1. The van der Waals surface area contributed by atoms with E-state index in [4.69, 9.17) is 11.5 Å². The lowest BCUT2D eigenvalue weighted by Crippen LogP contribution is -2.39. The standard InChI is InChI=1S/C14H23N5O/c1-14(2,3)13-17-10(15)8-11(18-13)19-6-4-9(5-7-19)12(16)20/h8-9H,4-7H2,1-3H3,(H2,16,20)(H2,15,17,18). The molecule has 4 N–H and O–H groups in total. The van der Waals surface area contributed by atoms with Gasteiger partial charge in [-0.2, -0.15) is 0 Å². The maximum absolute atomic E-state index is 11.2. The minimum absolute atomic E-state index is 0.0208. The van der Waals surface area contributed by atoms with Crippen molar-refractivity contribution in [3.05, 3.63) is 11.9 Å². The maximum Gasteiger partial charge on any atom is 0.220 e. The lowest BCUT2D eigenvalue weighted by atomic mass is 9.95. The fourth-order valence-electron chi connectivity index (χ4n) is 2.34. The number of primary amides is 1. The molecule has 110 valence electrons. The number of amides is 1. The lowest BCUT2D eigenvalue weighted by molar-refractivity contribution is -0.122. The van der Waals surface area contributed by atoms with E-state index >= 15 is 0 Å². The zero-order chi connectivity index (χ0) is 14.9. The molecule has 20 heavy (non-hydrogen) atoms. The Labute approximate surface area is 119 Å². The first-order valence-electron chi connectivity index (χ1n) is 6.96. The summed E-state index contributed by atoms with van der Waals surface area (Å²) >= 11 is 0. The number of piperidine rings is 1. The highest BCUT2D eigenvalue weighted by Crippen LogP contribution is 2.26. The van der Waals surface area contributed by atoms with Crippen molar-refractivity contribution in [1.29, 1.82) is 0 Å². The van der Waals surface area contributed by atoms with Gasteiger partial charge in [0.15, 0.2) is 0 Å². The predicted molar refractivity (Wildman–Crippen MR) is 79.3 cm³/mol. The number of aromatic nitrogens is 2. The first-order chi connectivity index (χ1) is 9.27. The normalized spacial score (nSPS) is 17.2. The summed E-state index contributed by atoms with van der Waals surface area (Å²) in [5.41, 5.74) is 11.1. The van der Waals surface area contributed by atoms with Gasteiger partial charge in [0.05, 0.1) is 0 Å². The number of hydrogen-bond donors (Lipinski definition) is 2. The average molecular weight is 277 g/mol. The molecule has 1 saturated heterocycles. The van der Waals surface area contributed by atoms with Crippen LogP contribution >= 0.6 is 0 Å². The van der Waals surface area contributed by atoms with Gasteiger partial charge in [-0.15, -0.1) is 0 Å². The van der Waals surface area contributed by atoms with Gasteiger partial charge in [0.2, 0.25) is 5.91 Å². The molecule has 0 spiro atoms. The topological polar surface area (TPSA) is 98.1 Å². The van der Waals surface area contributed by atoms with Crippen molar-refractivity contribution in [3.8, 4) is 0 Å². The molecule has 6 heteroatoms. The highest BCUT2D eigenvalue weighted by atomic mass is 16.1. The van der Waals surface area contributed by atoms with Gasteiger partial charge in [-0.05, 0) is 12.8 Å². The fraction of sp³-hybridized carbons (Fsp3) is 0.643. The summed E-state index contributed by atoms with van der Waals surface area (Å²) in [6, 6.07) is 1.79. The number of carbonyl (C=O) groups is 1. The molecule has 0 aliphatic carbocycles. The van der Waals surface area contributed by atoms with Crippen molar-refractivity contribution < 1.29 is 4.79 Å². The third-order valence-electron chi connectivity index (χ3n) is 3.62. The van der Waals surface area contributed by atoms with E-state index in [9.17, 15) is 4.79 Å². The van der Waals surface area contributed by atoms with Gasteiger partial charge in [-0.3, -0.25) is 4.79 Å². The molecule has 1 aliphatic heterocycles. The zero-order valence-electron chi connectivity index (χ0n) is 12.4. The molecule has 0 aromatic carbocycles. The lowest BCUT2D eigenvalue weighted by Gasteiger charge is -2.32. The Kier molecular flexibility index (Phi) is 3.83. The summed E-state index contributed by atoms with van der Waals surface area (Å²) in [5.74, 6) is 1.83. The molecule has 2 heterocycles. The number of rotatable bonds is 2. The van der Waals surface area contributed by atoms with Crippen molar-refractivity contribution in [2.45, 2.75) is 39.0 Å². The van der Waals surface area contributed by atoms with Crippen molar-refractivity contribution in [2.24, 2.45) is 11.7 Å². The second-order valence-corrected chi connectivity index (χ2v) is 6.39. The Morgan fingerprint density at radius 1 is 1.30 bits per heavy atom. The second-order valence-electron chi connectivity index (χ2n) is 6.39. The van der Waals surface area contributed by atoms with Crippen molar-refractivity contribution in [2.75, 3.05) is 23.7 Å². The molecule has 0 radical (unpaired) electrons. The van der Waals surface area contributed by atoms with E-state index < -0.39 is 0 Å². The summed E-state index contributed by atoms with van der Waals surface area (Å²) in [6.45, 7) is 7.72. The maximum atomic E-state index is 11.2. The molecule has 0 atom stereocenters. The second kappa shape index (κ2) is 5.26. The number of anilines is 2. The molecule has 0 bridgehead atoms. The fourth-order valence-corrected chi connectivity index (χ4v) is 2.34. The van der Waals surface area contributed by atoms with Gasteiger partial charge < -0.3 is 16.4 Å². The molecule has 6 nitrogen and oxygen atoms in total. The van der Waals surface area contributed by atoms with E-state index in [1.54, 1.807) is 6.07 Å². The molecule has 0 saturated carbocycles. The van der Waals surface area contributed by atoms with Gasteiger partial charge >= 0.3 is 0 Å². The Bertz CT molecular complexity index is 501. The first kappa shape index (κ1) is 14.6. The quantitative estimate of drug-likeness (QED) is 0.842. The average Bonchev–Trinajstić information content (AvgIpc) is 2.37. The number of nitrogen functional groups attached to an aromatic ring is 1. The molecular formula is C14H23N5O. The number of nitrogens with zero attached hydrogens (tertiary/aromatic N) is 3. The van der Waals surface area contributed by atoms with Crippen LogP contribution in [0.15, 0.2) is 6.07 Å². The summed E-state index contributed by atoms with van der Waals surface area (Å²) in [5, 5.41) is 0. The van der Waals surface area contributed by atoms with E-state index in [0.717, 1.165) is 37.6 Å². The van der Waals surface area contributed by atoms with E-state index in [-0.39, 0.29) is 17.2 Å². The smallest absolute Gasteiger partial charge is 0.220 e. The molecule has 1 aromatic heterocycles. The van der Waals surface area contributed by atoms with Gasteiger partial charge in [0, 0.05) is 30.5 Å². The Morgan fingerprint density at radius 2 is 1.90 bits per heavy atom. The molecule has 1 fully saturated rings.